The summed E-state index contributed by atoms with van der Waals surface area (Å²) in [6, 6.07) is 0. The highest BCUT2D eigenvalue weighted by Crippen LogP contribution is 2.47. The number of carbonyl (C=O) groups excluding carboxylic acids is 4. The van der Waals surface area contributed by atoms with Gasteiger partial charge in [-0.3, -0.25) is 24.5 Å². The molecule has 2 aliphatic heterocycles. The Morgan fingerprint density at radius 3 is 1.92 bits per heavy atom. The van der Waals surface area contributed by atoms with Crippen LogP contribution in [0.1, 0.15) is 54.4 Å². The molecule has 0 saturated carbocycles. The number of hydrogen-bond donors (Lipinski definition) is 1. The lowest BCUT2D eigenvalue weighted by molar-refractivity contribution is -0.155. The Labute approximate surface area is 142 Å². The first-order chi connectivity index (χ1) is 10.8. The molecule has 0 aliphatic carbocycles. The summed E-state index contributed by atoms with van der Waals surface area (Å²) in [6.07, 6.45) is 0.899. The minimum Gasteiger partial charge on any atom is -0.393 e. The van der Waals surface area contributed by atoms with Crippen molar-refractivity contribution in [3.63, 3.8) is 0 Å². The quantitative estimate of drug-likeness (QED) is 0.482. The average molecular weight is 337 g/mol. The van der Waals surface area contributed by atoms with Gasteiger partial charge in [-0.1, -0.05) is 41.5 Å². The topological polar surface area (TPSA) is 89.5 Å². The third kappa shape index (κ3) is 3.52. The van der Waals surface area contributed by atoms with Crippen molar-refractivity contribution in [2.75, 3.05) is 0 Å². The maximum absolute atomic E-state index is 12.3. The molecule has 4 atom stereocenters. The maximum Gasteiger partial charge on any atom is 0.318 e. The lowest BCUT2D eigenvalue weighted by Gasteiger charge is -2.35. The van der Waals surface area contributed by atoms with Crippen molar-refractivity contribution in [1.82, 2.24) is 5.32 Å². The number of nitrogens with one attached hydrogen (secondary N) is 1. The first-order valence-electron chi connectivity index (χ1n) is 8.44. The van der Waals surface area contributed by atoms with Crippen LogP contribution < -0.4 is 5.32 Å². The number of amides is 2. The van der Waals surface area contributed by atoms with E-state index in [-0.39, 0.29) is 17.2 Å². The number of cyclic esters (lactones) is 2. The van der Waals surface area contributed by atoms with E-state index in [0.717, 1.165) is 0 Å². The molecule has 6 heteroatoms. The molecule has 2 amide bonds. The van der Waals surface area contributed by atoms with E-state index in [9.17, 15) is 19.2 Å². The van der Waals surface area contributed by atoms with E-state index in [1.807, 2.05) is 34.6 Å². The van der Waals surface area contributed by atoms with Crippen molar-refractivity contribution in [2.45, 2.75) is 54.4 Å². The molecular formula is C18H27NO5. The van der Waals surface area contributed by atoms with Gasteiger partial charge in [0.05, 0.1) is 17.8 Å². The molecule has 0 aromatic rings. The number of carbonyl (C=O) groups is 4. The number of esters is 2. The van der Waals surface area contributed by atoms with Gasteiger partial charge in [0.25, 0.3) is 0 Å². The first-order valence-corrected chi connectivity index (χ1v) is 8.44. The molecular weight excluding hydrogens is 310 g/mol. The SMILES string of the molecule is CC1C(=O)NC(=O)C1CC(C)(C)C1C(=O)OC(=O)C1CC(C)(C)C. The average Bonchev–Trinajstić information content (AvgIpc) is 2.79. The zero-order valence-corrected chi connectivity index (χ0v) is 15.3. The van der Waals surface area contributed by atoms with E-state index < -0.39 is 41.0 Å². The van der Waals surface area contributed by atoms with E-state index >= 15 is 0 Å². The number of rotatable bonds is 4. The minimum atomic E-state index is -0.625. The molecule has 2 saturated heterocycles. The van der Waals surface area contributed by atoms with Crippen LogP contribution in [-0.4, -0.2) is 23.8 Å². The fourth-order valence-corrected chi connectivity index (χ4v) is 3.96. The summed E-state index contributed by atoms with van der Waals surface area (Å²) >= 11 is 0. The van der Waals surface area contributed by atoms with Crippen LogP contribution in [0.15, 0.2) is 0 Å². The molecule has 0 spiro atoms. The molecule has 0 aromatic carbocycles. The smallest absolute Gasteiger partial charge is 0.318 e. The van der Waals surface area contributed by atoms with Gasteiger partial charge in [0.2, 0.25) is 11.8 Å². The summed E-state index contributed by atoms with van der Waals surface area (Å²) in [5.74, 6) is -3.59. The molecule has 6 nitrogen and oxygen atoms in total. The van der Waals surface area contributed by atoms with Crippen LogP contribution in [0, 0.1) is 34.5 Å². The van der Waals surface area contributed by atoms with Crippen LogP contribution in [0.25, 0.3) is 0 Å². The molecule has 2 aliphatic rings. The number of imide groups is 1. The molecule has 2 heterocycles. The number of hydrogen-bond acceptors (Lipinski definition) is 5. The zero-order chi connectivity index (χ0) is 18.4. The van der Waals surface area contributed by atoms with Gasteiger partial charge in [0.15, 0.2) is 0 Å². The first kappa shape index (κ1) is 18.6. The normalized spacial score (nSPS) is 31.4. The van der Waals surface area contributed by atoms with Gasteiger partial charge < -0.3 is 4.74 Å². The van der Waals surface area contributed by atoms with Crippen LogP contribution in [0.5, 0.6) is 0 Å². The summed E-state index contributed by atoms with van der Waals surface area (Å²) in [5.41, 5.74) is -0.753. The molecule has 2 rings (SSSR count). The largest absolute Gasteiger partial charge is 0.393 e. The summed E-state index contributed by atoms with van der Waals surface area (Å²) in [4.78, 5) is 48.2. The van der Waals surface area contributed by atoms with Crippen LogP contribution >= 0.6 is 0 Å². The second kappa shape index (κ2) is 5.97. The van der Waals surface area contributed by atoms with Gasteiger partial charge in [0.1, 0.15) is 0 Å². The van der Waals surface area contributed by atoms with Gasteiger partial charge in [-0.05, 0) is 23.7 Å². The van der Waals surface area contributed by atoms with E-state index in [4.69, 9.17) is 4.74 Å². The standard InChI is InChI=1S/C18H27NO5/c1-9-10(14(21)19-13(9)20)8-18(5,6)12-11(7-17(2,3)4)15(22)24-16(12)23/h9-12H,7-8H2,1-6H3,(H,19,20,21). The highest BCUT2D eigenvalue weighted by atomic mass is 16.6. The molecule has 134 valence electrons. The fraction of sp³-hybridized carbons (Fsp3) is 0.778. The third-order valence-electron chi connectivity index (χ3n) is 5.18. The van der Waals surface area contributed by atoms with Crippen LogP contribution in [0.3, 0.4) is 0 Å². The Balaban J connectivity index is 2.25. The Morgan fingerprint density at radius 1 is 0.875 bits per heavy atom. The molecule has 0 aromatic heterocycles. The second-order valence-corrected chi connectivity index (χ2v) is 9.03. The molecule has 0 bridgehead atoms. The highest BCUT2D eigenvalue weighted by molar-refractivity contribution is 6.05. The van der Waals surface area contributed by atoms with E-state index in [1.54, 1.807) is 6.92 Å². The summed E-state index contributed by atoms with van der Waals surface area (Å²) in [7, 11) is 0. The lowest BCUT2D eigenvalue weighted by Crippen LogP contribution is -2.38. The van der Waals surface area contributed by atoms with Crippen LogP contribution in [0.2, 0.25) is 0 Å². The molecule has 2 fully saturated rings. The van der Waals surface area contributed by atoms with Crippen LogP contribution in [-0.2, 0) is 23.9 Å². The summed E-state index contributed by atoms with van der Waals surface area (Å²) in [5, 5.41) is 2.34. The molecule has 1 N–H and O–H groups in total. The van der Waals surface area contributed by atoms with Crippen molar-refractivity contribution in [3.05, 3.63) is 0 Å². The highest BCUT2D eigenvalue weighted by Gasteiger charge is 2.54. The van der Waals surface area contributed by atoms with Gasteiger partial charge in [-0.2, -0.15) is 0 Å². The Kier molecular flexibility index (Phi) is 4.63. The van der Waals surface area contributed by atoms with E-state index in [0.29, 0.717) is 12.8 Å². The summed E-state index contributed by atoms with van der Waals surface area (Å²) < 4.78 is 4.91. The van der Waals surface area contributed by atoms with Crippen molar-refractivity contribution in [1.29, 1.82) is 0 Å². The van der Waals surface area contributed by atoms with Crippen molar-refractivity contribution in [3.8, 4) is 0 Å². The van der Waals surface area contributed by atoms with Gasteiger partial charge in [0, 0.05) is 5.92 Å². The summed E-state index contributed by atoms with van der Waals surface area (Å²) in [6.45, 7) is 11.5. The van der Waals surface area contributed by atoms with Gasteiger partial charge in [-0.25, -0.2) is 0 Å². The Morgan fingerprint density at radius 2 is 1.46 bits per heavy atom. The third-order valence-corrected chi connectivity index (χ3v) is 5.18. The van der Waals surface area contributed by atoms with Gasteiger partial charge >= 0.3 is 11.9 Å². The van der Waals surface area contributed by atoms with Crippen LogP contribution in [0.4, 0.5) is 0 Å². The predicted octanol–water partition coefficient (Wildman–Crippen LogP) is 2.06. The van der Waals surface area contributed by atoms with Crippen molar-refractivity contribution < 1.29 is 23.9 Å². The van der Waals surface area contributed by atoms with Crippen molar-refractivity contribution in [2.24, 2.45) is 34.5 Å². The van der Waals surface area contributed by atoms with E-state index in [1.165, 1.54) is 0 Å². The van der Waals surface area contributed by atoms with E-state index in [2.05, 4.69) is 5.32 Å². The van der Waals surface area contributed by atoms with Gasteiger partial charge in [-0.15, -0.1) is 0 Å². The van der Waals surface area contributed by atoms with Crippen molar-refractivity contribution >= 4 is 23.8 Å². The molecule has 0 radical (unpaired) electrons. The molecule has 24 heavy (non-hydrogen) atoms. The number of ether oxygens (including phenoxy) is 1. The maximum atomic E-state index is 12.3. The monoisotopic (exact) mass is 337 g/mol. The molecule has 4 unspecified atom stereocenters. The fourth-order valence-electron chi connectivity index (χ4n) is 3.96. The minimum absolute atomic E-state index is 0.128. The predicted molar refractivity (Wildman–Crippen MR) is 86.4 cm³/mol. The Bertz CT molecular complexity index is 587. The zero-order valence-electron chi connectivity index (χ0n) is 15.3. The Hall–Kier alpha value is -1.72. The second-order valence-electron chi connectivity index (χ2n) is 9.03. The lowest BCUT2D eigenvalue weighted by atomic mass is 9.64.